The molecule has 0 saturated carbocycles. The summed E-state index contributed by atoms with van der Waals surface area (Å²) in [6.07, 6.45) is -4.72. The Balaban J connectivity index is 2.71. The molecule has 100 valence electrons. The van der Waals surface area contributed by atoms with Crippen molar-refractivity contribution in [2.24, 2.45) is 0 Å². The van der Waals surface area contributed by atoms with Gasteiger partial charge in [-0.1, -0.05) is 6.07 Å². The van der Waals surface area contributed by atoms with E-state index in [9.17, 15) is 22.4 Å². The van der Waals surface area contributed by atoms with E-state index in [1.54, 1.807) is 0 Å². The average molecular weight is 264 g/mol. The lowest BCUT2D eigenvalue weighted by Gasteiger charge is -2.10. The van der Waals surface area contributed by atoms with Crippen molar-refractivity contribution in [1.82, 2.24) is 10.6 Å². The first-order valence-electron chi connectivity index (χ1n) is 5.11. The van der Waals surface area contributed by atoms with Crippen LogP contribution in [0.15, 0.2) is 18.2 Å². The largest absolute Gasteiger partial charge is 0.419 e. The van der Waals surface area contributed by atoms with Gasteiger partial charge in [-0.05, 0) is 17.7 Å². The van der Waals surface area contributed by atoms with Crippen LogP contribution in [0, 0.1) is 5.82 Å². The van der Waals surface area contributed by atoms with Gasteiger partial charge >= 0.3 is 6.18 Å². The van der Waals surface area contributed by atoms with Crippen molar-refractivity contribution in [3.8, 4) is 0 Å². The number of amides is 1. The molecule has 1 amide bonds. The first-order chi connectivity index (χ1) is 8.34. The molecule has 1 rings (SSSR count). The van der Waals surface area contributed by atoms with Crippen molar-refractivity contribution in [1.29, 1.82) is 0 Å². The van der Waals surface area contributed by atoms with E-state index in [1.165, 1.54) is 13.1 Å². The number of carbonyl (C=O) groups excluding carboxylic acids is 1. The van der Waals surface area contributed by atoms with Crippen LogP contribution in [-0.2, 0) is 17.5 Å². The Bertz CT molecular complexity index is 432. The predicted octanol–water partition coefficient (Wildman–Crippen LogP) is 1.68. The molecule has 0 aromatic heterocycles. The van der Waals surface area contributed by atoms with Gasteiger partial charge in [0.2, 0.25) is 5.91 Å². The molecule has 18 heavy (non-hydrogen) atoms. The van der Waals surface area contributed by atoms with Gasteiger partial charge in [0.1, 0.15) is 5.82 Å². The van der Waals surface area contributed by atoms with Gasteiger partial charge in [-0.2, -0.15) is 13.2 Å². The van der Waals surface area contributed by atoms with Crippen molar-refractivity contribution in [2.75, 3.05) is 13.6 Å². The standard InChI is InChI=1S/C11H12F4N2O/c1-16-10(18)6-17-5-7-2-3-9(12)8(4-7)11(13,14)15/h2-4,17H,5-6H2,1H3,(H,16,18). The molecule has 0 fully saturated rings. The zero-order valence-electron chi connectivity index (χ0n) is 9.57. The van der Waals surface area contributed by atoms with Gasteiger partial charge in [0.05, 0.1) is 12.1 Å². The van der Waals surface area contributed by atoms with E-state index in [4.69, 9.17) is 0 Å². The molecule has 1 aromatic rings. The van der Waals surface area contributed by atoms with Crippen molar-refractivity contribution < 1.29 is 22.4 Å². The summed E-state index contributed by atoms with van der Waals surface area (Å²) in [5, 5.41) is 5.00. The summed E-state index contributed by atoms with van der Waals surface area (Å²) in [5.74, 6) is -1.59. The SMILES string of the molecule is CNC(=O)CNCc1ccc(F)c(C(F)(F)F)c1. The number of nitrogens with one attached hydrogen (secondary N) is 2. The first-order valence-corrected chi connectivity index (χ1v) is 5.11. The van der Waals surface area contributed by atoms with Crippen LogP contribution < -0.4 is 10.6 Å². The van der Waals surface area contributed by atoms with E-state index in [0.717, 1.165) is 12.1 Å². The molecule has 0 heterocycles. The summed E-state index contributed by atoms with van der Waals surface area (Å²) in [4.78, 5) is 10.9. The molecule has 0 spiro atoms. The highest BCUT2D eigenvalue weighted by atomic mass is 19.4. The molecular weight excluding hydrogens is 252 g/mol. The van der Waals surface area contributed by atoms with Gasteiger partial charge in [0, 0.05) is 13.6 Å². The minimum absolute atomic E-state index is 0.0186. The van der Waals surface area contributed by atoms with Crippen LogP contribution in [0.2, 0.25) is 0 Å². The fraction of sp³-hybridized carbons (Fsp3) is 0.364. The summed E-state index contributed by atoms with van der Waals surface area (Å²) in [5.41, 5.74) is -1.05. The molecule has 7 heteroatoms. The van der Waals surface area contributed by atoms with Crippen molar-refractivity contribution >= 4 is 5.91 Å². The second-order valence-electron chi connectivity index (χ2n) is 3.59. The van der Waals surface area contributed by atoms with Gasteiger partial charge in [0.25, 0.3) is 0 Å². The highest BCUT2D eigenvalue weighted by Crippen LogP contribution is 2.31. The molecule has 2 N–H and O–H groups in total. The maximum absolute atomic E-state index is 13.0. The van der Waals surface area contributed by atoms with E-state index in [2.05, 4.69) is 10.6 Å². The quantitative estimate of drug-likeness (QED) is 0.812. The molecule has 0 atom stereocenters. The number of hydrogen-bond acceptors (Lipinski definition) is 2. The van der Waals surface area contributed by atoms with Crippen LogP contribution in [0.3, 0.4) is 0 Å². The number of likely N-dealkylation sites (N-methyl/N-ethyl adjacent to an activating group) is 1. The molecular formula is C11H12F4N2O. The minimum atomic E-state index is -4.72. The van der Waals surface area contributed by atoms with E-state index in [-0.39, 0.29) is 24.6 Å². The number of benzene rings is 1. The van der Waals surface area contributed by atoms with Crippen molar-refractivity contribution in [3.63, 3.8) is 0 Å². The Kier molecular flexibility index (Phi) is 4.66. The summed E-state index contributed by atoms with van der Waals surface area (Å²) in [6.45, 7) is 0.0337. The summed E-state index contributed by atoms with van der Waals surface area (Å²) in [7, 11) is 1.45. The predicted molar refractivity (Wildman–Crippen MR) is 57.2 cm³/mol. The van der Waals surface area contributed by atoms with E-state index < -0.39 is 17.6 Å². The molecule has 0 aliphatic heterocycles. The number of hydrogen-bond donors (Lipinski definition) is 2. The van der Waals surface area contributed by atoms with Gasteiger partial charge in [-0.15, -0.1) is 0 Å². The molecule has 0 aliphatic carbocycles. The first kappa shape index (κ1) is 14.4. The van der Waals surface area contributed by atoms with Crippen LogP contribution >= 0.6 is 0 Å². The highest BCUT2D eigenvalue weighted by Gasteiger charge is 2.34. The fourth-order valence-corrected chi connectivity index (χ4v) is 1.31. The van der Waals surface area contributed by atoms with Gasteiger partial charge in [-0.25, -0.2) is 4.39 Å². The van der Waals surface area contributed by atoms with Gasteiger partial charge < -0.3 is 10.6 Å². The molecule has 0 unspecified atom stereocenters. The Morgan fingerprint density at radius 2 is 2.00 bits per heavy atom. The molecule has 3 nitrogen and oxygen atoms in total. The average Bonchev–Trinajstić information content (AvgIpc) is 2.29. The van der Waals surface area contributed by atoms with E-state index >= 15 is 0 Å². The topological polar surface area (TPSA) is 41.1 Å². The van der Waals surface area contributed by atoms with Crippen molar-refractivity contribution in [2.45, 2.75) is 12.7 Å². The van der Waals surface area contributed by atoms with E-state index in [1.807, 2.05) is 0 Å². The van der Waals surface area contributed by atoms with E-state index in [0.29, 0.717) is 0 Å². The van der Waals surface area contributed by atoms with Crippen LogP contribution in [0.5, 0.6) is 0 Å². The van der Waals surface area contributed by atoms with Gasteiger partial charge in [0.15, 0.2) is 0 Å². The summed E-state index contributed by atoms with van der Waals surface area (Å²) in [6, 6.07) is 2.73. The maximum Gasteiger partial charge on any atom is 0.419 e. The van der Waals surface area contributed by atoms with Gasteiger partial charge in [-0.3, -0.25) is 4.79 Å². The lowest BCUT2D eigenvalue weighted by atomic mass is 10.1. The number of carbonyl (C=O) groups is 1. The van der Waals surface area contributed by atoms with Crippen LogP contribution in [0.25, 0.3) is 0 Å². The number of halogens is 4. The third-order valence-corrected chi connectivity index (χ3v) is 2.23. The number of rotatable bonds is 4. The second-order valence-corrected chi connectivity index (χ2v) is 3.59. The number of alkyl halides is 3. The second kappa shape index (κ2) is 5.81. The Hall–Kier alpha value is -1.63. The normalized spacial score (nSPS) is 11.4. The van der Waals surface area contributed by atoms with Crippen LogP contribution in [0.4, 0.5) is 17.6 Å². The zero-order valence-corrected chi connectivity index (χ0v) is 9.57. The summed E-state index contributed by atoms with van der Waals surface area (Å²) >= 11 is 0. The third kappa shape index (κ3) is 3.99. The fourth-order valence-electron chi connectivity index (χ4n) is 1.31. The lowest BCUT2D eigenvalue weighted by molar-refractivity contribution is -0.140. The molecule has 0 saturated heterocycles. The molecule has 0 radical (unpaired) electrons. The van der Waals surface area contributed by atoms with Crippen LogP contribution in [0.1, 0.15) is 11.1 Å². The molecule has 0 aliphatic rings. The van der Waals surface area contributed by atoms with Crippen LogP contribution in [-0.4, -0.2) is 19.5 Å². The highest BCUT2D eigenvalue weighted by molar-refractivity contribution is 5.77. The van der Waals surface area contributed by atoms with Crippen molar-refractivity contribution in [3.05, 3.63) is 35.1 Å². The smallest absolute Gasteiger partial charge is 0.358 e. The summed E-state index contributed by atoms with van der Waals surface area (Å²) < 4.78 is 50.2. The third-order valence-electron chi connectivity index (χ3n) is 2.23. The molecule has 0 bridgehead atoms. The monoisotopic (exact) mass is 264 g/mol. The maximum atomic E-state index is 13.0. The Labute approximate surface area is 101 Å². The zero-order chi connectivity index (χ0) is 13.8. The minimum Gasteiger partial charge on any atom is -0.358 e. The Morgan fingerprint density at radius 3 is 2.56 bits per heavy atom. The molecule has 1 aromatic carbocycles. The lowest BCUT2D eigenvalue weighted by Crippen LogP contribution is -2.31. The Morgan fingerprint density at radius 1 is 1.33 bits per heavy atom.